The van der Waals surface area contributed by atoms with Crippen molar-refractivity contribution in [1.82, 2.24) is 5.32 Å². The molecule has 2 N–H and O–H groups in total. The molecule has 0 saturated heterocycles. The zero-order chi connectivity index (χ0) is 14.1. The molecule has 0 aromatic carbocycles. The van der Waals surface area contributed by atoms with Gasteiger partial charge in [-0.1, -0.05) is 20.8 Å². The number of carbonyl (C=O) groups excluding carboxylic acids is 1. The van der Waals surface area contributed by atoms with Crippen LogP contribution in [0.15, 0.2) is 9.85 Å². The maximum absolute atomic E-state index is 12.0. The van der Waals surface area contributed by atoms with Crippen molar-refractivity contribution < 1.29 is 14.7 Å². The summed E-state index contributed by atoms with van der Waals surface area (Å²) < 4.78 is 0.885. The third-order valence-corrected chi connectivity index (χ3v) is 4.60. The molecule has 0 radical (unpaired) electrons. The summed E-state index contributed by atoms with van der Waals surface area (Å²) in [6.07, 6.45) is 0. The van der Waals surface area contributed by atoms with Gasteiger partial charge < -0.3 is 10.4 Å². The van der Waals surface area contributed by atoms with E-state index in [-0.39, 0.29) is 5.91 Å². The Morgan fingerprint density at radius 3 is 2.33 bits per heavy atom. The third kappa shape index (κ3) is 3.55. The summed E-state index contributed by atoms with van der Waals surface area (Å²) in [4.78, 5) is 23.7. The highest BCUT2D eigenvalue weighted by Crippen LogP contribution is 2.28. The molecule has 1 aromatic heterocycles. The molecular weight excluding hydrogens is 318 g/mol. The number of amides is 1. The number of aliphatic carboxylic acids is 1. The molecule has 1 atom stereocenters. The molecule has 1 aromatic rings. The minimum Gasteiger partial charge on any atom is -0.480 e. The van der Waals surface area contributed by atoms with Crippen LogP contribution in [0.4, 0.5) is 0 Å². The standard InChI is InChI=1S/C12H16BrNO3S/c1-6-5-7(18-9(6)13)10(15)14-8(11(16)17)12(2,3)4/h5,8H,1-4H3,(H,14,15)(H,16,17)/t8-/m0/s1. The quantitative estimate of drug-likeness (QED) is 0.893. The van der Waals surface area contributed by atoms with E-state index in [4.69, 9.17) is 5.11 Å². The lowest BCUT2D eigenvalue weighted by atomic mass is 9.87. The molecule has 0 unspecified atom stereocenters. The fraction of sp³-hybridized carbons (Fsp3) is 0.500. The topological polar surface area (TPSA) is 66.4 Å². The molecule has 1 rings (SSSR count). The molecule has 6 heteroatoms. The molecule has 0 aliphatic heterocycles. The van der Waals surface area contributed by atoms with E-state index >= 15 is 0 Å². The third-order valence-electron chi connectivity index (χ3n) is 2.47. The first-order valence-electron chi connectivity index (χ1n) is 5.42. The Balaban J connectivity index is 2.89. The van der Waals surface area contributed by atoms with Crippen molar-refractivity contribution in [1.29, 1.82) is 0 Å². The van der Waals surface area contributed by atoms with Gasteiger partial charge in [0.1, 0.15) is 6.04 Å². The molecular formula is C12H16BrNO3S. The smallest absolute Gasteiger partial charge is 0.326 e. The van der Waals surface area contributed by atoms with Crippen LogP contribution in [0.25, 0.3) is 0 Å². The number of carbonyl (C=O) groups is 2. The van der Waals surface area contributed by atoms with Crippen LogP contribution in [0.1, 0.15) is 36.0 Å². The van der Waals surface area contributed by atoms with E-state index in [1.807, 2.05) is 6.92 Å². The molecule has 0 bridgehead atoms. The van der Waals surface area contributed by atoms with Crippen LogP contribution in [0, 0.1) is 12.3 Å². The SMILES string of the molecule is Cc1cc(C(=O)N[C@@H](C(=O)O)C(C)(C)C)sc1Br. The first kappa shape index (κ1) is 15.2. The second kappa shape index (κ2) is 5.40. The van der Waals surface area contributed by atoms with Crippen molar-refractivity contribution in [3.05, 3.63) is 20.3 Å². The van der Waals surface area contributed by atoms with Crippen molar-refractivity contribution in [2.24, 2.45) is 5.41 Å². The predicted molar refractivity (Wildman–Crippen MR) is 75.1 cm³/mol. The molecule has 1 amide bonds. The second-order valence-corrected chi connectivity index (χ2v) is 7.55. The van der Waals surface area contributed by atoms with Crippen molar-refractivity contribution >= 4 is 39.1 Å². The van der Waals surface area contributed by atoms with Crippen molar-refractivity contribution in [2.75, 3.05) is 0 Å². The highest BCUT2D eigenvalue weighted by Gasteiger charge is 2.33. The Kier molecular flexibility index (Phi) is 4.55. The van der Waals surface area contributed by atoms with Crippen molar-refractivity contribution in [2.45, 2.75) is 33.7 Å². The van der Waals surface area contributed by atoms with Gasteiger partial charge in [0, 0.05) is 0 Å². The van der Waals surface area contributed by atoms with Gasteiger partial charge in [-0.3, -0.25) is 4.79 Å². The van der Waals surface area contributed by atoms with Crippen molar-refractivity contribution in [3.63, 3.8) is 0 Å². The van der Waals surface area contributed by atoms with E-state index in [0.717, 1.165) is 9.35 Å². The fourth-order valence-corrected chi connectivity index (χ4v) is 2.86. The number of halogens is 1. The monoisotopic (exact) mass is 333 g/mol. The number of hydrogen-bond donors (Lipinski definition) is 2. The molecule has 1 heterocycles. The summed E-state index contributed by atoms with van der Waals surface area (Å²) in [5.74, 6) is -1.38. The summed E-state index contributed by atoms with van der Waals surface area (Å²) in [7, 11) is 0. The molecule has 0 fully saturated rings. The number of thiophene rings is 1. The normalized spacial score (nSPS) is 13.2. The van der Waals surface area contributed by atoms with Crippen LogP contribution in [-0.4, -0.2) is 23.0 Å². The Bertz CT molecular complexity index is 457. The average molecular weight is 334 g/mol. The zero-order valence-corrected chi connectivity index (χ0v) is 13.1. The lowest BCUT2D eigenvalue weighted by Crippen LogP contribution is -2.48. The molecule has 0 saturated carbocycles. The Morgan fingerprint density at radius 2 is 2.00 bits per heavy atom. The lowest BCUT2D eigenvalue weighted by molar-refractivity contribution is -0.142. The van der Waals surface area contributed by atoms with Gasteiger partial charge in [0.05, 0.1) is 8.66 Å². The van der Waals surface area contributed by atoms with Gasteiger partial charge in [-0.05, 0) is 39.9 Å². The van der Waals surface area contributed by atoms with E-state index < -0.39 is 17.4 Å². The van der Waals surface area contributed by atoms with E-state index in [9.17, 15) is 9.59 Å². The number of aryl methyl sites for hydroxylation is 1. The largest absolute Gasteiger partial charge is 0.480 e. The molecule has 100 valence electrons. The molecule has 4 nitrogen and oxygen atoms in total. The van der Waals surface area contributed by atoms with Gasteiger partial charge >= 0.3 is 5.97 Å². The Labute approximate surface area is 119 Å². The van der Waals surface area contributed by atoms with Gasteiger partial charge in [0.2, 0.25) is 0 Å². The van der Waals surface area contributed by atoms with Gasteiger partial charge in [0.15, 0.2) is 0 Å². The molecule has 0 aliphatic carbocycles. The minimum atomic E-state index is -1.02. The Morgan fingerprint density at radius 1 is 1.44 bits per heavy atom. The summed E-state index contributed by atoms with van der Waals surface area (Å²) in [5, 5.41) is 11.7. The summed E-state index contributed by atoms with van der Waals surface area (Å²) in [5.41, 5.74) is 0.429. The van der Waals surface area contributed by atoms with E-state index in [1.54, 1.807) is 26.8 Å². The number of hydrogen-bond acceptors (Lipinski definition) is 3. The first-order valence-corrected chi connectivity index (χ1v) is 7.03. The van der Waals surface area contributed by atoms with Crippen LogP contribution in [0.3, 0.4) is 0 Å². The van der Waals surface area contributed by atoms with Gasteiger partial charge in [0.25, 0.3) is 5.91 Å². The van der Waals surface area contributed by atoms with Gasteiger partial charge in [-0.15, -0.1) is 11.3 Å². The lowest BCUT2D eigenvalue weighted by Gasteiger charge is -2.27. The highest BCUT2D eigenvalue weighted by molar-refractivity contribution is 9.11. The van der Waals surface area contributed by atoms with Gasteiger partial charge in [-0.2, -0.15) is 0 Å². The second-order valence-electron chi connectivity index (χ2n) is 5.18. The average Bonchev–Trinajstić information content (AvgIpc) is 2.53. The fourth-order valence-electron chi connectivity index (χ4n) is 1.42. The van der Waals surface area contributed by atoms with Crippen LogP contribution < -0.4 is 5.32 Å². The zero-order valence-electron chi connectivity index (χ0n) is 10.7. The number of nitrogens with one attached hydrogen (secondary N) is 1. The number of carboxylic acid groups (broad SMARTS) is 1. The van der Waals surface area contributed by atoms with Crippen LogP contribution in [0.5, 0.6) is 0 Å². The minimum absolute atomic E-state index is 0.351. The summed E-state index contributed by atoms with van der Waals surface area (Å²) in [6, 6.07) is 0.831. The predicted octanol–water partition coefficient (Wildman–Crippen LogP) is 3.05. The van der Waals surface area contributed by atoms with Crippen LogP contribution in [0.2, 0.25) is 0 Å². The Hall–Kier alpha value is -0.880. The maximum Gasteiger partial charge on any atom is 0.326 e. The van der Waals surface area contributed by atoms with Crippen molar-refractivity contribution in [3.8, 4) is 0 Å². The van der Waals surface area contributed by atoms with E-state index in [2.05, 4.69) is 21.2 Å². The highest BCUT2D eigenvalue weighted by atomic mass is 79.9. The molecule has 0 aliphatic rings. The van der Waals surface area contributed by atoms with E-state index in [1.165, 1.54) is 11.3 Å². The van der Waals surface area contributed by atoms with E-state index in [0.29, 0.717) is 4.88 Å². The van der Waals surface area contributed by atoms with Gasteiger partial charge in [-0.25, -0.2) is 4.79 Å². The molecule has 0 spiro atoms. The number of rotatable bonds is 3. The summed E-state index contributed by atoms with van der Waals surface area (Å²) >= 11 is 4.64. The first-order chi connectivity index (χ1) is 8.12. The number of carboxylic acids is 1. The van der Waals surface area contributed by atoms with Crippen LogP contribution >= 0.6 is 27.3 Å². The summed E-state index contributed by atoms with van der Waals surface area (Å²) in [6.45, 7) is 7.22. The van der Waals surface area contributed by atoms with Crippen LogP contribution in [-0.2, 0) is 4.79 Å². The maximum atomic E-state index is 12.0. The molecule has 18 heavy (non-hydrogen) atoms.